The summed E-state index contributed by atoms with van der Waals surface area (Å²) in [7, 11) is 1.71. The lowest BCUT2D eigenvalue weighted by Crippen LogP contribution is -2.08. The highest BCUT2D eigenvalue weighted by molar-refractivity contribution is 5.64. The van der Waals surface area contributed by atoms with Crippen molar-refractivity contribution in [1.82, 2.24) is 9.97 Å². The summed E-state index contributed by atoms with van der Waals surface area (Å²) in [5, 5.41) is 6.60. The van der Waals surface area contributed by atoms with Crippen LogP contribution in [0.1, 0.15) is 23.1 Å². The van der Waals surface area contributed by atoms with Crippen molar-refractivity contribution in [2.24, 2.45) is 0 Å². The number of methoxy groups -OCH3 is 1. The largest absolute Gasteiger partial charge is 0.385 e. The lowest BCUT2D eigenvalue weighted by molar-refractivity contribution is 0.198. The maximum Gasteiger partial charge on any atom is 0.229 e. The number of ether oxygens (including phenoxy) is 1. The number of anilines is 3. The van der Waals surface area contributed by atoms with E-state index in [1.165, 1.54) is 16.7 Å². The SMILES string of the molecule is COCCCNc1ccnc(Nc2c(C)cc(C)cc2C)n1. The second-order valence-corrected chi connectivity index (χ2v) is 5.44. The van der Waals surface area contributed by atoms with Crippen LogP contribution in [0.3, 0.4) is 0 Å². The molecule has 2 aromatic rings. The molecule has 0 aliphatic rings. The lowest BCUT2D eigenvalue weighted by Gasteiger charge is -2.13. The molecule has 0 saturated carbocycles. The van der Waals surface area contributed by atoms with Crippen LogP contribution < -0.4 is 10.6 Å². The van der Waals surface area contributed by atoms with E-state index < -0.39 is 0 Å². The number of aromatic nitrogens is 2. The highest BCUT2D eigenvalue weighted by Crippen LogP contribution is 2.24. The van der Waals surface area contributed by atoms with Crippen LogP contribution in [0.15, 0.2) is 24.4 Å². The Labute approximate surface area is 132 Å². The molecule has 0 radical (unpaired) electrons. The number of nitrogens with one attached hydrogen (secondary N) is 2. The van der Waals surface area contributed by atoms with Gasteiger partial charge in [0.2, 0.25) is 5.95 Å². The Bertz CT molecular complexity index is 605. The number of hydrogen-bond donors (Lipinski definition) is 2. The van der Waals surface area contributed by atoms with Crippen LogP contribution in [0, 0.1) is 20.8 Å². The maximum atomic E-state index is 5.03. The van der Waals surface area contributed by atoms with Gasteiger partial charge in [0.1, 0.15) is 5.82 Å². The normalized spacial score (nSPS) is 10.5. The molecule has 1 heterocycles. The van der Waals surface area contributed by atoms with Crippen LogP contribution >= 0.6 is 0 Å². The van der Waals surface area contributed by atoms with Gasteiger partial charge >= 0.3 is 0 Å². The molecule has 118 valence electrons. The summed E-state index contributed by atoms with van der Waals surface area (Å²) in [4.78, 5) is 8.79. The van der Waals surface area contributed by atoms with Crippen molar-refractivity contribution in [3.05, 3.63) is 41.1 Å². The Kier molecular flexibility index (Phi) is 5.72. The van der Waals surface area contributed by atoms with Crippen LogP contribution in [-0.2, 0) is 4.74 Å². The second kappa shape index (κ2) is 7.75. The number of benzene rings is 1. The van der Waals surface area contributed by atoms with Crippen molar-refractivity contribution >= 4 is 17.5 Å². The zero-order chi connectivity index (χ0) is 15.9. The third kappa shape index (κ3) is 4.43. The van der Waals surface area contributed by atoms with E-state index in [-0.39, 0.29) is 0 Å². The van der Waals surface area contributed by atoms with Gasteiger partial charge in [-0.25, -0.2) is 4.98 Å². The fourth-order valence-electron chi connectivity index (χ4n) is 2.44. The van der Waals surface area contributed by atoms with Crippen LogP contribution in [-0.4, -0.2) is 30.2 Å². The minimum atomic E-state index is 0.604. The number of hydrogen-bond acceptors (Lipinski definition) is 5. The highest BCUT2D eigenvalue weighted by Gasteiger charge is 2.06. The van der Waals surface area contributed by atoms with Crippen molar-refractivity contribution in [3.63, 3.8) is 0 Å². The quantitative estimate of drug-likeness (QED) is 0.765. The van der Waals surface area contributed by atoms with Gasteiger partial charge in [-0.1, -0.05) is 17.7 Å². The predicted octanol–water partition coefficient (Wildman–Crippen LogP) is 3.59. The minimum Gasteiger partial charge on any atom is -0.385 e. The van der Waals surface area contributed by atoms with Crippen LogP contribution in [0.5, 0.6) is 0 Å². The van der Waals surface area contributed by atoms with E-state index in [1.54, 1.807) is 13.3 Å². The topological polar surface area (TPSA) is 59.1 Å². The average molecular weight is 300 g/mol. The Morgan fingerprint density at radius 3 is 2.55 bits per heavy atom. The van der Waals surface area contributed by atoms with E-state index in [2.05, 4.69) is 53.5 Å². The van der Waals surface area contributed by atoms with Gasteiger partial charge in [0.05, 0.1) is 0 Å². The van der Waals surface area contributed by atoms with Crippen LogP contribution in [0.4, 0.5) is 17.5 Å². The van der Waals surface area contributed by atoms with Crippen molar-refractivity contribution < 1.29 is 4.74 Å². The lowest BCUT2D eigenvalue weighted by atomic mass is 10.1. The molecule has 0 saturated heterocycles. The molecular weight excluding hydrogens is 276 g/mol. The van der Waals surface area contributed by atoms with Gasteiger partial charge in [0.15, 0.2) is 0 Å². The fourth-order valence-corrected chi connectivity index (χ4v) is 2.44. The molecule has 2 rings (SSSR count). The fraction of sp³-hybridized carbons (Fsp3) is 0.412. The number of rotatable bonds is 7. The van der Waals surface area contributed by atoms with Gasteiger partial charge in [0.25, 0.3) is 0 Å². The monoisotopic (exact) mass is 300 g/mol. The predicted molar refractivity (Wildman–Crippen MR) is 91.0 cm³/mol. The van der Waals surface area contributed by atoms with E-state index in [9.17, 15) is 0 Å². The molecule has 0 spiro atoms. The van der Waals surface area contributed by atoms with Gasteiger partial charge in [-0.15, -0.1) is 0 Å². The standard InChI is InChI=1S/C17H24N4O/c1-12-10-13(2)16(14(3)11-12)21-17-19-8-6-15(20-17)18-7-5-9-22-4/h6,8,10-11H,5,7,9H2,1-4H3,(H2,18,19,20,21). The van der Waals surface area contributed by atoms with Crippen molar-refractivity contribution in [3.8, 4) is 0 Å². The van der Waals surface area contributed by atoms with Gasteiger partial charge in [0, 0.05) is 32.1 Å². The van der Waals surface area contributed by atoms with Gasteiger partial charge < -0.3 is 15.4 Å². The van der Waals surface area contributed by atoms with E-state index in [4.69, 9.17) is 4.74 Å². The molecule has 1 aromatic heterocycles. The Morgan fingerprint density at radius 1 is 1.14 bits per heavy atom. The molecule has 5 heteroatoms. The van der Waals surface area contributed by atoms with Crippen LogP contribution in [0.2, 0.25) is 0 Å². The Hall–Kier alpha value is -2.14. The van der Waals surface area contributed by atoms with E-state index >= 15 is 0 Å². The number of aryl methyl sites for hydroxylation is 3. The molecule has 0 amide bonds. The third-order valence-corrected chi connectivity index (χ3v) is 3.40. The molecule has 0 atom stereocenters. The highest BCUT2D eigenvalue weighted by atomic mass is 16.5. The first-order valence-electron chi connectivity index (χ1n) is 7.51. The summed E-state index contributed by atoms with van der Waals surface area (Å²) in [5.41, 5.74) is 4.72. The van der Waals surface area contributed by atoms with Gasteiger partial charge in [-0.3, -0.25) is 0 Å². The second-order valence-electron chi connectivity index (χ2n) is 5.44. The van der Waals surface area contributed by atoms with Gasteiger partial charge in [-0.2, -0.15) is 4.98 Å². The van der Waals surface area contributed by atoms with E-state index in [1.807, 2.05) is 6.07 Å². The van der Waals surface area contributed by atoms with E-state index in [0.29, 0.717) is 5.95 Å². The Morgan fingerprint density at radius 2 is 1.86 bits per heavy atom. The van der Waals surface area contributed by atoms with Crippen molar-refractivity contribution in [2.75, 3.05) is 30.9 Å². The summed E-state index contributed by atoms with van der Waals surface area (Å²) >= 11 is 0. The summed E-state index contributed by atoms with van der Waals surface area (Å²) in [6.07, 6.45) is 2.70. The molecule has 22 heavy (non-hydrogen) atoms. The third-order valence-electron chi connectivity index (χ3n) is 3.40. The summed E-state index contributed by atoms with van der Waals surface area (Å²) < 4.78 is 5.03. The molecule has 5 nitrogen and oxygen atoms in total. The van der Waals surface area contributed by atoms with Gasteiger partial charge in [-0.05, 0) is 44.4 Å². The first-order valence-corrected chi connectivity index (χ1v) is 7.51. The van der Waals surface area contributed by atoms with Crippen molar-refractivity contribution in [2.45, 2.75) is 27.2 Å². The zero-order valence-electron chi connectivity index (χ0n) is 13.7. The number of nitrogens with zero attached hydrogens (tertiary/aromatic N) is 2. The van der Waals surface area contributed by atoms with Crippen LogP contribution in [0.25, 0.3) is 0 Å². The summed E-state index contributed by atoms with van der Waals surface area (Å²) in [5.74, 6) is 1.42. The molecule has 0 fully saturated rings. The van der Waals surface area contributed by atoms with Crippen molar-refractivity contribution in [1.29, 1.82) is 0 Å². The van der Waals surface area contributed by atoms with E-state index in [0.717, 1.165) is 31.1 Å². The molecule has 0 aliphatic carbocycles. The molecule has 0 aliphatic heterocycles. The zero-order valence-corrected chi connectivity index (χ0v) is 13.7. The molecule has 1 aromatic carbocycles. The first-order chi connectivity index (χ1) is 10.6. The summed E-state index contributed by atoms with van der Waals surface area (Å²) in [6.45, 7) is 7.85. The molecular formula is C17H24N4O. The Balaban J connectivity index is 2.07. The first kappa shape index (κ1) is 16.2. The molecule has 2 N–H and O–H groups in total. The molecule has 0 unspecified atom stereocenters. The smallest absolute Gasteiger partial charge is 0.229 e. The molecule has 0 bridgehead atoms. The minimum absolute atomic E-state index is 0.604. The average Bonchev–Trinajstić information content (AvgIpc) is 2.48. The summed E-state index contributed by atoms with van der Waals surface area (Å²) in [6, 6.07) is 6.18. The maximum absolute atomic E-state index is 5.03.